The second-order valence-corrected chi connectivity index (χ2v) is 5.44. The summed E-state index contributed by atoms with van der Waals surface area (Å²) < 4.78 is 52.0. The quantitative estimate of drug-likeness (QED) is 0.771. The summed E-state index contributed by atoms with van der Waals surface area (Å²) in [5.74, 6) is -1.02. The molecular formula is C15H11BrF4O. The Morgan fingerprint density at radius 1 is 1.10 bits per heavy atom. The molecule has 21 heavy (non-hydrogen) atoms. The van der Waals surface area contributed by atoms with Crippen LogP contribution in [-0.2, 0) is 12.6 Å². The van der Waals surface area contributed by atoms with Crippen LogP contribution in [0, 0.1) is 5.82 Å². The van der Waals surface area contributed by atoms with Gasteiger partial charge in [0.05, 0.1) is 11.7 Å². The van der Waals surface area contributed by atoms with Crippen LogP contribution in [0.1, 0.15) is 22.8 Å². The van der Waals surface area contributed by atoms with Crippen LogP contribution in [0.4, 0.5) is 17.6 Å². The van der Waals surface area contributed by atoms with Crippen molar-refractivity contribution in [3.8, 4) is 0 Å². The zero-order valence-corrected chi connectivity index (χ0v) is 12.2. The van der Waals surface area contributed by atoms with E-state index in [2.05, 4.69) is 15.9 Å². The maximum absolute atomic E-state index is 13.3. The van der Waals surface area contributed by atoms with Crippen molar-refractivity contribution in [3.05, 3.63) is 69.4 Å². The molecule has 1 unspecified atom stereocenters. The van der Waals surface area contributed by atoms with Crippen molar-refractivity contribution in [2.24, 2.45) is 0 Å². The fourth-order valence-electron chi connectivity index (χ4n) is 1.96. The number of benzene rings is 2. The largest absolute Gasteiger partial charge is 0.416 e. The van der Waals surface area contributed by atoms with E-state index in [4.69, 9.17) is 0 Å². The molecule has 0 aliphatic heterocycles. The molecular weight excluding hydrogens is 352 g/mol. The second-order valence-electron chi connectivity index (χ2n) is 4.58. The van der Waals surface area contributed by atoms with Crippen molar-refractivity contribution in [3.63, 3.8) is 0 Å². The fraction of sp³-hybridized carbons (Fsp3) is 0.200. The Bertz CT molecular complexity index is 640. The normalized spacial score (nSPS) is 13.2. The van der Waals surface area contributed by atoms with Gasteiger partial charge in [0.2, 0.25) is 0 Å². The first-order valence-corrected chi connectivity index (χ1v) is 6.86. The molecule has 0 bridgehead atoms. The number of alkyl halides is 3. The SMILES string of the molecule is OC(Cc1ccccc1Br)c1cc(F)cc(C(F)(F)F)c1. The summed E-state index contributed by atoms with van der Waals surface area (Å²) in [6.45, 7) is 0. The van der Waals surface area contributed by atoms with Crippen LogP contribution in [-0.4, -0.2) is 5.11 Å². The van der Waals surface area contributed by atoms with E-state index in [0.29, 0.717) is 6.07 Å². The third-order valence-electron chi connectivity index (χ3n) is 3.00. The van der Waals surface area contributed by atoms with Crippen molar-refractivity contribution in [1.29, 1.82) is 0 Å². The molecule has 1 atom stereocenters. The lowest BCUT2D eigenvalue weighted by Gasteiger charge is -2.15. The van der Waals surface area contributed by atoms with Gasteiger partial charge in [-0.15, -0.1) is 0 Å². The number of hydrogen-bond donors (Lipinski definition) is 1. The molecule has 112 valence electrons. The van der Waals surface area contributed by atoms with Gasteiger partial charge in [-0.05, 0) is 35.4 Å². The van der Waals surface area contributed by atoms with Crippen LogP contribution in [0.5, 0.6) is 0 Å². The minimum atomic E-state index is -4.65. The van der Waals surface area contributed by atoms with Gasteiger partial charge in [-0.25, -0.2) is 4.39 Å². The van der Waals surface area contributed by atoms with E-state index in [0.717, 1.165) is 22.2 Å². The number of hydrogen-bond acceptors (Lipinski definition) is 1. The van der Waals surface area contributed by atoms with Crippen molar-refractivity contribution < 1.29 is 22.7 Å². The van der Waals surface area contributed by atoms with Crippen molar-refractivity contribution in [2.45, 2.75) is 18.7 Å². The van der Waals surface area contributed by atoms with E-state index in [1.807, 2.05) is 0 Å². The Morgan fingerprint density at radius 3 is 2.38 bits per heavy atom. The second kappa shape index (κ2) is 6.15. The first-order chi connectivity index (χ1) is 9.77. The Balaban J connectivity index is 2.29. The Morgan fingerprint density at radius 2 is 1.76 bits per heavy atom. The smallest absolute Gasteiger partial charge is 0.388 e. The highest BCUT2D eigenvalue weighted by Gasteiger charge is 2.32. The number of aliphatic hydroxyl groups excluding tert-OH is 1. The lowest BCUT2D eigenvalue weighted by molar-refractivity contribution is -0.137. The van der Waals surface area contributed by atoms with Crippen LogP contribution in [0.25, 0.3) is 0 Å². The summed E-state index contributed by atoms with van der Waals surface area (Å²) in [6.07, 6.45) is -5.79. The highest BCUT2D eigenvalue weighted by Crippen LogP contribution is 2.32. The molecule has 0 saturated carbocycles. The van der Waals surface area contributed by atoms with Gasteiger partial charge in [-0.2, -0.15) is 13.2 Å². The summed E-state index contributed by atoms with van der Waals surface area (Å²) in [5, 5.41) is 10.1. The Labute approximate surface area is 127 Å². The van der Waals surface area contributed by atoms with Crippen molar-refractivity contribution in [2.75, 3.05) is 0 Å². The van der Waals surface area contributed by atoms with Crippen molar-refractivity contribution in [1.82, 2.24) is 0 Å². The molecule has 0 aromatic heterocycles. The number of rotatable bonds is 3. The lowest BCUT2D eigenvalue weighted by Crippen LogP contribution is -2.09. The minimum Gasteiger partial charge on any atom is -0.388 e. The van der Waals surface area contributed by atoms with E-state index in [1.165, 1.54) is 0 Å². The molecule has 2 rings (SSSR count). The van der Waals surface area contributed by atoms with Gasteiger partial charge in [0.15, 0.2) is 0 Å². The topological polar surface area (TPSA) is 20.2 Å². The Kier molecular flexibility index (Phi) is 4.68. The maximum Gasteiger partial charge on any atom is 0.416 e. The average molecular weight is 363 g/mol. The molecule has 1 nitrogen and oxygen atoms in total. The summed E-state index contributed by atoms with van der Waals surface area (Å²) in [5.41, 5.74) is -0.482. The van der Waals surface area contributed by atoms with Gasteiger partial charge in [-0.1, -0.05) is 34.1 Å². The van der Waals surface area contributed by atoms with Crippen LogP contribution in [0.3, 0.4) is 0 Å². The van der Waals surface area contributed by atoms with Crippen LogP contribution < -0.4 is 0 Å². The molecule has 2 aromatic carbocycles. The predicted molar refractivity (Wildman–Crippen MR) is 74.2 cm³/mol. The lowest BCUT2D eigenvalue weighted by atomic mass is 9.99. The molecule has 1 N–H and O–H groups in total. The third-order valence-corrected chi connectivity index (χ3v) is 3.78. The third kappa shape index (κ3) is 4.04. The molecule has 2 aromatic rings. The van der Waals surface area contributed by atoms with Crippen LogP contribution >= 0.6 is 15.9 Å². The zero-order valence-electron chi connectivity index (χ0n) is 10.7. The first-order valence-electron chi connectivity index (χ1n) is 6.06. The molecule has 6 heteroatoms. The van der Waals surface area contributed by atoms with Gasteiger partial charge >= 0.3 is 6.18 Å². The molecule has 0 saturated heterocycles. The first kappa shape index (κ1) is 16.0. The van der Waals surface area contributed by atoms with Gasteiger partial charge in [0.1, 0.15) is 5.82 Å². The van der Waals surface area contributed by atoms with Crippen molar-refractivity contribution >= 4 is 15.9 Å². The van der Waals surface area contributed by atoms with Gasteiger partial charge in [-0.3, -0.25) is 0 Å². The minimum absolute atomic E-state index is 0.0855. The van der Waals surface area contributed by atoms with E-state index in [-0.39, 0.29) is 12.0 Å². The van der Waals surface area contributed by atoms with Gasteiger partial charge < -0.3 is 5.11 Å². The summed E-state index contributed by atoms with van der Waals surface area (Å²) in [6, 6.07) is 9.12. The molecule has 0 radical (unpaired) electrons. The highest BCUT2D eigenvalue weighted by molar-refractivity contribution is 9.10. The van der Waals surface area contributed by atoms with E-state index >= 15 is 0 Å². The number of aliphatic hydroxyl groups is 1. The maximum atomic E-state index is 13.3. The average Bonchev–Trinajstić information content (AvgIpc) is 2.39. The van der Waals surface area contributed by atoms with Gasteiger partial charge in [0, 0.05) is 10.9 Å². The Hall–Kier alpha value is -1.40. The monoisotopic (exact) mass is 362 g/mol. The van der Waals surface area contributed by atoms with Gasteiger partial charge in [0.25, 0.3) is 0 Å². The summed E-state index contributed by atoms with van der Waals surface area (Å²) in [7, 11) is 0. The standard InChI is InChI=1S/C15H11BrF4O/c16-13-4-2-1-3-9(13)7-14(21)10-5-11(15(18,19)20)8-12(17)6-10/h1-6,8,14,21H,7H2. The predicted octanol–water partition coefficient (Wildman–Crippen LogP) is 4.88. The summed E-state index contributed by atoms with van der Waals surface area (Å²) in [4.78, 5) is 0. The fourth-order valence-corrected chi connectivity index (χ4v) is 2.41. The van der Waals surface area contributed by atoms with Crippen LogP contribution in [0.15, 0.2) is 46.9 Å². The molecule has 0 heterocycles. The summed E-state index contributed by atoms with van der Waals surface area (Å²) >= 11 is 3.29. The number of halogens is 5. The molecule has 0 aliphatic carbocycles. The van der Waals surface area contributed by atoms with E-state index in [1.54, 1.807) is 24.3 Å². The van der Waals surface area contributed by atoms with E-state index < -0.39 is 23.7 Å². The molecule has 0 fully saturated rings. The highest BCUT2D eigenvalue weighted by atomic mass is 79.9. The molecule has 0 aliphatic rings. The van der Waals surface area contributed by atoms with E-state index in [9.17, 15) is 22.7 Å². The van der Waals surface area contributed by atoms with Crippen LogP contribution in [0.2, 0.25) is 0 Å². The molecule has 0 spiro atoms. The zero-order chi connectivity index (χ0) is 15.6. The molecule has 0 amide bonds.